The number of nitrogens with two attached hydrogens (primary N) is 1. The van der Waals surface area contributed by atoms with Crippen molar-refractivity contribution in [3.63, 3.8) is 0 Å². The van der Waals surface area contributed by atoms with E-state index in [-0.39, 0.29) is 5.60 Å². The van der Waals surface area contributed by atoms with Crippen LogP contribution >= 0.6 is 0 Å². The summed E-state index contributed by atoms with van der Waals surface area (Å²) in [7, 11) is 0. The van der Waals surface area contributed by atoms with Gasteiger partial charge in [-0.15, -0.1) is 0 Å². The maximum atomic E-state index is 6.19. The molecule has 0 amide bonds. The predicted molar refractivity (Wildman–Crippen MR) is 82.2 cm³/mol. The van der Waals surface area contributed by atoms with E-state index >= 15 is 0 Å². The van der Waals surface area contributed by atoms with Crippen LogP contribution in [0.5, 0.6) is 0 Å². The van der Waals surface area contributed by atoms with E-state index in [4.69, 9.17) is 10.6 Å². The van der Waals surface area contributed by atoms with Gasteiger partial charge in [-0.2, -0.15) is 0 Å². The van der Waals surface area contributed by atoms with Gasteiger partial charge in [-0.25, -0.2) is 0 Å². The van der Waals surface area contributed by atoms with E-state index in [0.717, 1.165) is 18.4 Å². The number of hydrogen-bond acceptors (Lipinski definition) is 3. The van der Waals surface area contributed by atoms with Gasteiger partial charge in [-0.1, -0.05) is 38.5 Å². The highest BCUT2D eigenvalue weighted by molar-refractivity contribution is 4.95. The Balaban J connectivity index is 1.65. The molecule has 2 saturated carbocycles. The fraction of sp³-hybridized carbons (Fsp3) is 1.00. The number of hydrogen-bond donors (Lipinski definition) is 2. The van der Waals surface area contributed by atoms with Crippen molar-refractivity contribution < 1.29 is 4.74 Å². The molecule has 2 aliphatic carbocycles. The molecule has 1 saturated heterocycles. The Morgan fingerprint density at radius 2 is 1.60 bits per heavy atom. The van der Waals surface area contributed by atoms with Crippen LogP contribution in [-0.2, 0) is 4.74 Å². The summed E-state index contributed by atoms with van der Waals surface area (Å²) in [5.41, 5.74) is 3.45. The van der Waals surface area contributed by atoms with E-state index in [1.165, 1.54) is 77.0 Å². The maximum Gasteiger partial charge on any atom is 0.0685 e. The Bertz CT molecular complexity index is 293. The van der Waals surface area contributed by atoms with Gasteiger partial charge in [0.25, 0.3) is 0 Å². The Kier molecular flexibility index (Phi) is 5.00. The topological polar surface area (TPSA) is 47.3 Å². The summed E-state index contributed by atoms with van der Waals surface area (Å²) >= 11 is 0. The van der Waals surface area contributed by atoms with Crippen molar-refractivity contribution in [3.05, 3.63) is 0 Å². The molecule has 3 aliphatic rings. The molecule has 3 heteroatoms. The Morgan fingerprint density at radius 1 is 0.900 bits per heavy atom. The molecular weight excluding hydrogens is 248 g/mol. The Labute approximate surface area is 124 Å². The first-order chi connectivity index (χ1) is 9.83. The average Bonchev–Trinajstić information content (AvgIpc) is 2.75. The molecule has 3 fully saturated rings. The number of hydrazine groups is 1. The lowest BCUT2D eigenvalue weighted by molar-refractivity contribution is -0.101. The molecule has 0 aromatic rings. The molecule has 2 unspecified atom stereocenters. The zero-order chi connectivity index (χ0) is 13.8. The molecule has 116 valence electrons. The number of ether oxygens (including phenoxy) is 1. The molecule has 1 aliphatic heterocycles. The molecule has 2 atom stereocenters. The van der Waals surface area contributed by atoms with Crippen molar-refractivity contribution in [1.29, 1.82) is 0 Å². The van der Waals surface area contributed by atoms with Gasteiger partial charge >= 0.3 is 0 Å². The van der Waals surface area contributed by atoms with Crippen molar-refractivity contribution in [2.75, 3.05) is 6.61 Å². The minimum absolute atomic E-state index is 0.225. The van der Waals surface area contributed by atoms with Gasteiger partial charge in [0.1, 0.15) is 0 Å². The Morgan fingerprint density at radius 3 is 2.25 bits per heavy atom. The van der Waals surface area contributed by atoms with Crippen molar-refractivity contribution >= 4 is 0 Å². The average molecular weight is 280 g/mol. The highest BCUT2D eigenvalue weighted by Gasteiger charge is 2.43. The van der Waals surface area contributed by atoms with E-state index in [1.807, 2.05) is 0 Å². The van der Waals surface area contributed by atoms with E-state index < -0.39 is 0 Å². The van der Waals surface area contributed by atoms with Crippen LogP contribution in [0.3, 0.4) is 0 Å². The number of rotatable bonds is 3. The van der Waals surface area contributed by atoms with Gasteiger partial charge in [-0.3, -0.25) is 11.3 Å². The van der Waals surface area contributed by atoms with Gasteiger partial charge in [0.2, 0.25) is 0 Å². The van der Waals surface area contributed by atoms with Crippen LogP contribution in [0.4, 0.5) is 0 Å². The van der Waals surface area contributed by atoms with E-state index in [9.17, 15) is 0 Å². The SMILES string of the molecule is NNC(C1CCCCCC1)C1CCOC2(CCCC2)C1. The van der Waals surface area contributed by atoms with Gasteiger partial charge in [0.05, 0.1) is 5.60 Å². The lowest BCUT2D eigenvalue weighted by Crippen LogP contribution is -2.51. The molecule has 3 N–H and O–H groups in total. The smallest absolute Gasteiger partial charge is 0.0685 e. The van der Waals surface area contributed by atoms with Gasteiger partial charge < -0.3 is 4.74 Å². The normalized spacial score (nSPS) is 33.1. The lowest BCUT2D eigenvalue weighted by atomic mass is 9.75. The fourth-order valence-corrected chi connectivity index (χ4v) is 5.07. The lowest BCUT2D eigenvalue weighted by Gasteiger charge is -2.43. The third-order valence-electron chi connectivity index (χ3n) is 6.15. The van der Waals surface area contributed by atoms with Crippen molar-refractivity contribution in [1.82, 2.24) is 5.43 Å². The molecule has 0 aromatic heterocycles. The van der Waals surface area contributed by atoms with Gasteiger partial charge in [0.15, 0.2) is 0 Å². The second kappa shape index (κ2) is 6.76. The van der Waals surface area contributed by atoms with Crippen LogP contribution in [0.1, 0.15) is 77.0 Å². The van der Waals surface area contributed by atoms with E-state index in [1.54, 1.807) is 0 Å². The summed E-state index contributed by atoms with van der Waals surface area (Å²) in [5, 5.41) is 0. The van der Waals surface area contributed by atoms with Crippen molar-refractivity contribution in [2.24, 2.45) is 17.7 Å². The monoisotopic (exact) mass is 280 g/mol. The largest absolute Gasteiger partial charge is 0.375 e. The Hall–Kier alpha value is -0.120. The first-order valence-corrected chi connectivity index (χ1v) is 8.93. The van der Waals surface area contributed by atoms with E-state index in [0.29, 0.717) is 6.04 Å². The summed E-state index contributed by atoms with van der Waals surface area (Å²) in [6.07, 6.45) is 16.1. The highest BCUT2D eigenvalue weighted by atomic mass is 16.5. The zero-order valence-electron chi connectivity index (χ0n) is 12.9. The van der Waals surface area contributed by atoms with Crippen LogP contribution in [0.2, 0.25) is 0 Å². The molecule has 20 heavy (non-hydrogen) atoms. The van der Waals surface area contributed by atoms with E-state index in [2.05, 4.69) is 5.43 Å². The van der Waals surface area contributed by atoms with Gasteiger partial charge in [-0.05, 0) is 50.4 Å². The third kappa shape index (κ3) is 3.20. The van der Waals surface area contributed by atoms with Crippen LogP contribution in [0.25, 0.3) is 0 Å². The summed E-state index contributed by atoms with van der Waals surface area (Å²) < 4.78 is 6.19. The van der Waals surface area contributed by atoms with Crippen LogP contribution < -0.4 is 11.3 Å². The van der Waals surface area contributed by atoms with Crippen LogP contribution in [0, 0.1) is 11.8 Å². The molecular formula is C17H32N2O. The quantitative estimate of drug-likeness (QED) is 0.472. The molecule has 3 nitrogen and oxygen atoms in total. The number of nitrogens with one attached hydrogen (secondary N) is 1. The van der Waals surface area contributed by atoms with Crippen molar-refractivity contribution in [2.45, 2.75) is 88.7 Å². The predicted octanol–water partition coefficient (Wildman–Crippen LogP) is 3.53. The fourth-order valence-electron chi connectivity index (χ4n) is 5.07. The summed E-state index contributed by atoms with van der Waals surface area (Å²) in [6, 6.07) is 0.523. The minimum atomic E-state index is 0.225. The first kappa shape index (κ1) is 14.8. The van der Waals surface area contributed by atoms with Crippen LogP contribution in [0.15, 0.2) is 0 Å². The molecule has 0 bridgehead atoms. The van der Waals surface area contributed by atoms with Crippen molar-refractivity contribution in [3.8, 4) is 0 Å². The molecule has 1 heterocycles. The second-order valence-corrected chi connectivity index (χ2v) is 7.44. The third-order valence-corrected chi connectivity index (χ3v) is 6.15. The molecule has 3 rings (SSSR count). The summed E-state index contributed by atoms with van der Waals surface area (Å²) in [4.78, 5) is 0. The molecule has 0 aromatic carbocycles. The highest BCUT2D eigenvalue weighted by Crippen LogP contribution is 2.44. The zero-order valence-corrected chi connectivity index (χ0v) is 12.9. The summed E-state index contributed by atoms with van der Waals surface area (Å²) in [6.45, 7) is 0.954. The minimum Gasteiger partial charge on any atom is -0.375 e. The molecule has 1 spiro atoms. The standard InChI is InChI=1S/C17H32N2O/c18-19-16(14-7-3-1-2-4-8-14)15-9-12-20-17(13-15)10-5-6-11-17/h14-16,19H,1-13,18H2. The maximum absolute atomic E-state index is 6.19. The first-order valence-electron chi connectivity index (χ1n) is 8.93. The van der Waals surface area contributed by atoms with Crippen LogP contribution in [-0.4, -0.2) is 18.2 Å². The summed E-state index contributed by atoms with van der Waals surface area (Å²) in [5.74, 6) is 7.51. The van der Waals surface area contributed by atoms with Gasteiger partial charge in [0, 0.05) is 12.6 Å². The molecule has 0 radical (unpaired) electrons. The second-order valence-electron chi connectivity index (χ2n) is 7.44.